The molecule has 0 aromatic heterocycles. The first-order chi connectivity index (χ1) is 12.0. The number of unbranched alkanes of at least 4 members (excludes halogenated alkanes) is 1. The van der Waals surface area contributed by atoms with E-state index in [4.69, 9.17) is 0 Å². The maximum Gasteiger partial charge on any atom is 0.216 e. The molecule has 0 spiro atoms. The summed E-state index contributed by atoms with van der Waals surface area (Å²) >= 11 is 0. The molecule has 0 heterocycles. The zero-order valence-electron chi connectivity index (χ0n) is 15.4. The smallest absolute Gasteiger partial charge is 0.216 e. The number of allylic oxidation sites excluding steroid dienone is 10. The van der Waals surface area contributed by atoms with Crippen molar-refractivity contribution in [3.05, 3.63) is 85.1 Å². The van der Waals surface area contributed by atoms with E-state index < -0.39 is 0 Å². The zero-order chi connectivity index (χ0) is 19.1. The van der Waals surface area contributed by atoms with Gasteiger partial charge in [0.2, 0.25) is 5.91 Å². The predicted molar refractivity (Wildman–Crippen MR) is 107 cm³/mol. The standard InChI is InChI=1S/C22H29NO2/c1-6-10-11-13-19(8-3)14-15-22(25)21(12-7-2)20(9-4)16-17-23-18(5)24/h6-9,12-15H,1-3,10-11,16-17H2,4-5H3,(H,23,24)/b15-14+,19-13+,20-9-,21-12+. The molecule has 0 saturated carbocycles. The first-order valence-electron chi connectivity index (χ1n) is 8.38. The summed E-state index contributed by atoms with van der Waals surface area (Å²) in [7, 11) is 0. The molecule has 134 valence electrons. The molecule has 0 saturated heterocycles. The van der Waals surface area contributed by atoms with Crippen LogP contribution in [0.2, 0.25) is 0 Å². The van der Waals surface area contributed by atoms with E-state index in [-0.39, 0.29) is 11.7 Å². The Balaban J connectivity index is 5.18. The van der Waals surface area contributed by atoms with Crippen molar-refractivity contribution in [2.45, 2.75) is 33.1 Å². The monoisotopic (exact) mass is 339 g/mol. The minimum Gasteiger partial charge on any atom is -0.356 e. The number of nitrogens with one attached hydrogen (secondary N) is 1. The van der Waals surface area contributed by atoms with Crippen molar-refractivity contribution in [2.24, 2.45) is 0 Å². The minimum atomic E-state index is -0.104. The second-order valence-corrected chi connectivity index (χ2v) is 5.33. The van der Waals surface area contributed by atoms with Crippen LogP contribution in [0.3, 0.4) is 0 Å². The highest BCUT2D eigenvalue weighted by Crippen LogP contribution is 2.16. The molecule has 0 aliphatic rings. The van der Waals surface area contributed by atoms with Gasteiger partial charge < -0.3 is 5.32 Å². The van der Waals surface area contributed by atoms with Crippen molar-refractivity contribution in [1.29, 1.82) is 0 Å². The normalized spacial score (nSPS) is 12.8. The molecular weight excluding hydrogens is 310 g/mol. The van der Waals surface area contributed by atoms with Crippen LogP contribution in [0.25, 0.3) is 0 Å². The largest absolute Gasteiger partial charge is 0.356 e. The number of hydrogen-bond acceptors (Lipinski definition) is 2. The van der Waals surface area contributed by atoms with Crippen LogP contribution in [-0.2, 0) is 9.59 Å². The van der Waals surface area contributed by atoms with E-state index in [1.165, 1.54) is 6.92 Å². The minimum absolute atomic E-state index is 0.0868. The summed E-state index contributed by atoms with van der Waals surface area (Å²) in [5.74, 6) is -0.191. The van der Waals surface area contributed by atoms with E-state index in [1.807, 2.05) is 25.2 Å². The van der Waals surface area contributed by atoms with E-state index in [9.17, 15) is 9.59 Å². The lowest BCUT2D eigenvalue weighted by Gasteiger charge is -2.10. The summed E-state index contributed by atoms with van der Waals surface area (Å²) in [4.78, 5) is 23.6. The fourth-order valence-corrected chi connectivity index (χ4v) is 2.12. The van der Waals surface area contributed by atoms with Gasteiger partial charge in [-0.1, -0.05) is 55.7 Å². The molecule has 3 nitrogen and oxygen atoms in total. The summed E-state index contributed by atoms with van der Waals surface area (Å²) in [6, 6.07) is 0. The molecule has 0 aromatic carbocycles. The third kappa shape index (κ3) is 9.92. The molecule has 0 unspecified atom stereocenters. The number of ketones is 1. The van der Waals surface area contributed by atoms with Gasteiger partial charge in [-0.15, -0.1) is 6.58 Å². The van der Waals surface area contributed by atoms with Gasteiger partial charge in [-0.2, -0.15) is 0 Å². The summed E-state index contributed by atoms with van der Waals surface area (Å²) < 4.78 is 0. The Hall–Kier alpha value is -2.68. The maximum atomic E-state index is 12.6. The van der Waals surface area contributed by atoms with Crippen LogP contribution in [0, 0.1) is 0 Å². The fraction of sp³-hybridized carbons (Fsp3) is 0.273. The maximum absolute atomic E-state index is 12.6. The molecule has 0 bridgehead atoms. The summed E-state index contributed by atoms with van der Waals surface area (Å²) in [5, 5.41) is 2.74. The fourth-order valence-electron chi connectivity index (χ4n) is 2.12. The number of carbonyl (C=O) groups is 2. The first kappa shape index (κ1) is 22.3. The van der Waals surface area contributed by atoms with E-state index in [0.717, 1.165) is 24.0 Å². The van der Waals surface area contributed by atoms with E-state index >= 15 is 0 Å². The summed E-state index contributed by atoms with van der Waals surface area (Å²) in [6.45, 7) is 15.0. The Bertz CT molecular complexity index is 616. The molecular formula is C22H29NO2. The van der Waals surface area contributed by atoms with Gasteiger partial charge in [0.15, 0.2) is 5.78 Å². The third-order valence-corrected chi connectivity index (χ3v) is 3.43. The average Bonchev–Trinajstić information content (AvgIpc) is 2.59. The van der Waals surface area contributed by atoms with Crippen molar-refractivity contribution in [3.8, 4) is 0 Å². The van der Waals surface area contributed by atoms with E-state index in [1.54, 1.807) is 30.4 Å². The van der Waals surface area contributed by atoms with E-state index in [2.05, 4.69) is 25.1 Å². The highest BCUT2D eigenvalue weighted by atomic mass is 16.1. The predicted octanol–water partition coefficient (Wildman–Crippen LogP) is 4.78. The van der Waals surface area contributed by atoms with Gasteiger partial charge in [0, 0.05) is 19.0 Å². The van der Waals surface area contributed by atoms with Gasteiger partial charge in [-0.25, -0.2) is 0 Å². The summed E-state index contributed by atoms with van der Waals surface area (Å²) in [6.07, 6.45) is 16.4. The van der Waals surface area contributed by atoms with Crippen LogP contribution in [0.5, 0.6) is 0 Å². The van der Waals surface area contributed by atoms with Crippen LogP contribution in [0.4, 0.5) is 0 Å². The van der Waals surface area contributed by atoms with Gasteiger partial charge in [-0.05, 0) is 43.4 Å². The lowest BCUT2D eigenvalue weighted by atomic mass is 9.97. The first-order valence-corrected chi connectivity index (χ1v) is 8.38. The van der Waals surface area contributed by atoms with Gasteiger partial charge >= 0.3 is 0 Å². The Morgan fingerprint density at radius 3 is 2.32 bits per heavy atom. The van der Waals surface area contributed by atoms with Gasteiger partial charge in [0.25, 0.3) is 0 Å². The molecule has 0 aromatic rings. The molecule has 25 heavy (non-hydrogen) atoms. The van der Waals surface area contributed by atoms with Crippen LogP contribution in [-0.4, -0.2) is 18.2 Å². The van der Waals surface area contributed by atoms with Crippen molar-refractivity contribution in [3.63, 3.8) is 0 Å². The van der Waals surface area contributed by atoms with Crippen LogP contribution >= 0.6 is 0 Å². The Morgan fingerprint density at radius 2 is 1.80 bits per heavy atom. The molecule has 1 amide bonds. The Labute approximate surface area is 151 Å². The van der Waals surface area contributed by atoms with Gasteiger partial charge in [0.05, 0.1) is 0 Å². The molecule has 0 radical (unpaired) electrons. The lowest BCUT2D eigenvalue weighted by Crippen LogP contribution is -2.21. The average molecular weight is 339 g/mol. The third-order valence-electron chi connectivity index (χ3n) is 3.43. The SMILES string of the molecule is C=C/C=C(C(=O)/C=C/C(C=C)=C/CCC=C)\C(=C/C)CCNC(C)=O. The Morgan fingerprint density at radius 1 is 1.08 bits per heavy atom. The van der Waals surface area contributed by atoms with Crippen LogP contribution in [0.1, 0.15) is 33.1 Å². The number of rotatable bonds is 12. The second kappa shape index (κ2) is 13.7. The Kier molecular flexibility index (Phi) is 12.3. The van der Waals surface area contributed by atoms with Gasteiger partial charge in [0.1, 0.15) is 0 Å². The molecule has 3 heteroatoms. The molecule has 0 atom stereocenters. The van der Waals surface area contributed by atoms with Crippen LogP contribution < -0.4 is 5.32 Å². The van der Waals surface area contributed by atoms with E-state index in [0.29, 0.717) is 18.5 Å². The number of hydrogen-bond donors (Lipinski definition) is 1. The number of amides is 1. The lowest BCUT2D eigenvalue weighted by molar-refractivity contribution is -0.118. The molecule has 0 aliphatic heterocycles. The quantitative estimate of drug-likeness (QED) is 0.241. The van der Waals surface area contributed by atoms with Crippen molar-refractivity contribution >= 4 is 11.7 Å². The molecule has 0 aliphatic carbocycles. The highest BCUT2D eigenvalue weighted by molar-refractivity contribution is 6.07. The van der Waals surface area contributed by atoms with Crippen molar-refractivity contribution in [1.82, 2.24) is 5.32 Å². The summed E-state index contributed by atoms with van der Waals surface area (Å²) in [5.41, 5.74) is 2.35. The van der Waals surface area contributed by atoms with Crippen LogP contribution in [0.15, 0.2) is 85.1 Å². The second-order valence-electron chi connectivity index (χ2n) is 5.33. The van der Waals surface area contributed by atoms with Gasteiger partial charge in [-0.3, -0.25) is 9.59 Å². The topological polar surface area (TPSA) is 46.2 Å². The highest BCUT2D eigenvalue weighted by Gasteiger charge is 2.11. The molecule has 1 N–H and O–H groups in total. The molecule has 0 fully saturated rings. The van der Waals surface area contributed by atoms with Crippen molar-refractivity contribution in [2.75, 3.05) is 6.54 Å². The molecule has 0 rings (SSSR count). The number of carbonyl (C=O) groups excluding carboxylic acids is 2. The van der Waals surface area contributed by atoms with Crippen molar-refractivity contribution < 1.29 is 9.59 Å². The zero-order valence-corrected chi connectivity index (χ0v) is 15.4.